The molecule has 2 N–H and O–H groups in total. The van der Waals surface area contributed by atoms with Gasteiger partial charge in [-0.05, 0) is 68.7 Å². The van der Waals surface area contributed by atoms with Crippen LogP contribution in [0.1, 0.15) is 55.6 Å². The summed E-state index contributed by atoms with van der Waals surface area (Å²) in [5, 5.41) is 7.39. The van der Waals surface area contributed by atoms with Crippen molar-refractivity contribution in [1.82, 2.24) is 5.32 Å². The molecular weight excluding hydrogens is 555 g/mol. The van der Waals surface area contributed by atoms with E-state index in [0.717, 1.165) is 21.7 Å². The minimum Gasteiger partial charge on any atom is -0.469 e. The smallest absolute Gasteiger partial charge is 0.409 e. The molecule has 1 heterocycles. The summed E-state index contributed by atoms with van der Waals surface area (Å²) in [6, 6.07) is 21.4. The first-order valence-corrected chi connectivity index (χ1v) is 14.3. The van der Waals surface area contributed by atoms with Crippen molar-refractivity contribution in [2.45, 2.75) is 61.4 Å². The molecule has 1 aliphatic rings. The lowest BCUT2D eigenvalue weighted by Crippen LogP contribution is -2.55. The molecule has 3 aromatic rings. The second-order valence-corrected chi connectivity index (χ2v) is 12.5. The Morgan fingerprint density at radius 2 is 1.74 bits per heavy atom. The van der Waals surface area contributed by atoms with Crippen molar-refractivity contribution >= 4 is 52.7 Å². The SMILES string of the molecule is COC(=O)CCc1ccc2c(c1)C(Sc1ccccc1)CC(NC(=O)OC(C)(C)C)(c1c(Cl)cccc1Cl)N2. The fraction of sp³-hybridized carbons (Fsp3) is 0.333. The minimum atomic E-state index is -1.16. The zero-order chi connectivity index (χ0) is 28.2. The van der Waals surface area contributed by atoms with Crippen LogP contribution >= 0.6 is 35.0 Å². The number of fused-ring (bicyclic) bond motifs is 1. The van der Waals surface area contributed by atoms with Gasteiger partial charge in [0.2, 0.25) is 0 Å². The molecule has 206 valence electrons. The highest BCUT2D eigenvalue weighted by atomic mass is 35.5. The van der Waals surface area contributed by atoms with Crippen LogP contribution < -0.4 is 10.6 Å². The molecule has 0 spiro atoms. The second-order valence-electron chi connectivity index (χ2n) is 10.4. The number of ether oxygens (including phenoxy) is 2. The first-order chi connectivity index (χ1) is 18.5. The number of halogens is 2. The number of esters is 1. The number of methoxy groups -OCH3 is 1. The third-order valence-corrected chi connectivity index (χ3v) is 8.15. The lowest BCUT2D eigenvalue weighted by molar-refractivity contribution is -0.140. The number of hydrogen-bond acceptors (Lipinski definition) is 6. The van der Waals surface area contributed by atoms with Gasteiger partial charge in [0.05, 0.1) is 7.11 Å². The molecule has 0 radical (unpaired) electrons. The molecular formula is C30H32Cl2N2O4S. The molecule has 0 saturated carbocycles. The number of alkyl carbamates (subject to hydrolysis) is 1. The molecule has 0 aliphatic carbocycles. The van der Waals surface area contributed by atoms with Gasteiger partial charge in [0.1, 0.15) is 11.3 Å². The average Bonchev–Trinajstić information content (AvgIpc) is 2.86. The van der Waals surface area contributed by atoms with Crippen LogP contribution in [0.25, 0.3) is 0 Å². The third kappa shape index (κ3) is 7.21. The van der Waals surface area contributed by atoms with Crippen molar-refractivity contribution in [1.29, 1.82) is 0 Å². The van der Waals surface area contributed by atoms with Gasteiger partial charge in [0, 0.05) is 44.3 Å². The molecule has 3 aromatic carbocycles. The summed E-state index contributed by atoms with van der Waals surface area (Å²) in [6.07, 6.45) is 0.675. The van der Waals surface area contributed by atoms with Gasteiger partial charge in [0.15, 0.2) is 0 Å². The summed E-state index contributed by atoms with van der Waals surface area (Å²) < 4.78 is 10.5. The Labute approximate surface area is 243 Å². The number of hydrogen-bond donors (Lipinski definition) is 2. The highest BCUT2D eigenvalue weighted by molar-refractivity contribution is 7.99. The average molecular weight is 588 g/mol. The van der Waals surface area contributed by atoms with Crippen molar-refractivity contribution in [2.75, 3.05) is 12.4 Å². The number of aryl methyl sites for hydroxylation is 1. The van der Waals surface area contributed by atoms with Gasteiger partial charge in [-0.1, -0.05) is 59.6 Å². The van der Waals surface area contributed by atoms with E-state index < -0.39 is 17.4 Å². The van der Waals surface area contributed by atoms with Crippen molar-refractivity contribution in [3.63, 3.8) is 0 Å². The quantitative estimate of drug-likeness (QED) is 0.272. The summed E-state index contributed by atoms with van der Waals surface area (Å²) in [5.74, 6) is -0.255. The van der Waals surface area contributed by atoms with Gasteiger partial charge in [-0.25, -0.2) is 4.79 Å². The summed E-state index contributed by atoms with van der Waals surface area (Å²) in [4.78, 5) is 26.1. The Balaban J connectivity index is 1.82. The number of thioether (sulfide) groups is 1. The summed E-state index contributed by atoms with van der Waals surface area (Å²) in [5.41, 5.74) is 1.60. The van der Waals surface area contributed by atoms with Crippen LogP contribution in [0.2, 0.25) is 10.0 Å². The van der Waals surface area contributed by atoms with E-state index in [-0.39, 0.29) is 11.2 Å². The highest BCUT2D eigenvalue weighted by Crippen LogP contribution is 2.52. The van der Waals surface area contributed by atoms with Gasteiger partial charge >= 0.3 is 12.1 Å². The Morgan fingerprint density at radius 1 is 1.05 bits per heavy atom. The first kappa shape index (κ1) is 29.1. The number of benzene rings is 3. The molecule has 0 fully saturated rings. The van der Waals surface area contributed by atoms with Crippen LogP contribution in [0.3, 0.4) is 0 Å². The van der Waals surface area contributed by atoms with E-state index in [1.807, 2.05) is 51.1 Å². The predicted octanol–water partition coefficient (Wildman–Crippen LogP) is 8.13. The zero-order valence-corrected chi connectivity index (χ0v) is 24.7. The molecule has 2 unspecified atom stereocenters. The van der Waals surface area contributed by atoms with E-state index in [4.69, 9.17) is 32.7 Å². The Hall–Kier alpha value is -2.87. The van der Waals surface area contributed by atoms with Crippen LogP contribution in [0.4, 0.5) is 10.5 Å². The van der Waals surface area contributed by atoms with Crippen molar-refractivity contribution in [3.8, 4) is 0 Å². The van der Waals surface area contributed by atoms with Crippen LogP contribution in [0, 0.1) is 0 Å². The number of nitrogens with one attached hydrogen (secondary N) is 2. The second kappa shape index (κ2) is 12.1. The molecule has 0 aromatic heterocycles. The molecule has 39 heavy (non-hydrogen) atoms. The van der Waals surface area contributed by atoms with Gasteiger partial charge in [-0.2, -0.15) is 0 Å². The topological polar surface area (TPSA) is 76.7 Å². The van der Waals surface area contributed by atoms with Crippen molar-refractivity contribution < 1.29 is 19.1 Å². The van der Waals surface area contributed by atoms with E-state index in [0.29, 0.717) is 34.9 Å². The molecule has 6 nitrogen and oxygen atoms in total. The number of anilines is 1. The number of rotatable bonds is 7. The zero-order valence-electron chi connectivity index (χ0n) is 22.3. The first-order valence-electron chi connectivity index (χ1n) is 12.6. The Kier molecular flexibility index (Phi) is 9.04. The number of carbonyl (C=O) groups excluding carboxylic acids is 2. The van der Waals surface area contributed by atoms with Crippen molar-refractivity contribution in [3.05, 3.63) is 93.5 Å². The summed E-state index contributed by atoms with van der Waals surface area (Å²) in [7, 11) is 1.39. The Morgan fingerprint density at radius 3 is 2.38 bits per heavy atom. The van der Waals surface area contributed by atoms with E-state index in [9.17, 15) is 9.59 Å². The van der Waals surface area contributed by atoms with E-state index in [2.05, 4.69) is 28.8 Å². The van der Waals surface area contributed by atoms with E-state index >= 15 is 0 Å². The number of carbonyl (C=O) groups is 2. The minimum absolute atomic E-state index is 0.107. The van der Waals surface area contributed by atoms with Gasteiger partial charge in [-0.3, -0.25) is 10.1 Å². The predicted molar refractivity (Wildman–Crippen MR) is 158 cm³/mol. The normalized spacial score (nSPS) is 18.5. The largest absolute Gasteiger partial charge is 0.469 e. The molecule has 1 amide bonds. The molecule has 9 heteroatoms. The van der Waals surface area contributed by atoms with Gasteiger partial charge < -0.3 is 14.8 Å². The summed E-state index contributed by atoms with van der Waals surface area (Å²) >= 11 is 15.2. The van der Waals surface area contributed by atoms with Crippen LogP contribution in [-0.4, -0.2) is 24.8 Å². The molecule has 0 bridgehead atoms. The van der Waals surface area contributed by atoms with Gasteiger partial charge in [-0.15, -0.1) is 11.8 Å². The molecule has 4 rings (SSSR count). The lowest BCUT2D eigenvalue weighted by Gasteiger charge is -2.45. The van der Waals surface area contributed by atoms with Crippen molar-refractivity contribution in [2.24, 2.45) is 0 Å². The summed E-state index contributed by atoms with van der Waals surface area (Å²) in [6.45, 7) is 5.44. The fourth-order valence-electron chi connectivity index (χ4n) is 4.63. The van der Waals surface area contributed by atoms with E-state index in [1.165, 1.54) is 7.11 Å². The maximum atomic E-state index is 13.2. The molecule has 0 saturated heterocycles. The van der Waals surface area contributed by atoms with Crippen LogP contribution in [0.15, 0.2) is 71.6 Å². The molecule has 1 aliphatic heterocycles. The van der Waals surface area contributed by atoms with Crippen LogP contribution in [-0.2, 0) is 26.4 Å². The number of amides is 1. The fourth-order valence-corrected chi connectivity index (χ4v) is 6.64. The van der Waals surface area contributed by atoms with Crippen LogP contribution in [0.5, 0.6) is 0 Å². The Bertz CT molecular complexity index is 1330. The van der Waals surface area contributed by atoms with E-state index in [1.54, 1.807) is 30.0 Å². The highest BCUT2D eigenvalue weighted by Gasteiger charge is 2.45. The monoisotopic (exact) mass is 586 g/mol. The third-order valence-electron chi connectivity index (χ3n) is 6.27. The lowest BCUT2D eigenvalue weighted by atomic mass is 9.86. The van der Waals surface area contributed by atoms with Gasteiger partial charge in [0.25, 0.3) is 0 Å². The molecule has 2 atom stereocenters. The maximum Gasteiger partial charge on any atom is 0.409 e. The maximum absolute atomic E-state index is 13.2. The standard InChI is InChI=1S/C30H32Cl2N2O4S/c1-29(2,3)38-28(36)34-30(27-22(31)11-8-12-23(27)32)18-25(39-20-9-6-5-7-10-20)21-17-19(13-15-24(21)33-30)14-16-26(35)37-4/h5-13,15,17,25,33H,14,16,18H2,1-4H3,(H,34,36).